The van der Waals surface area contributed by atoms with E-state index < -0.39 is 0 Å². The summed E-state index contributed by atoms with van der Waals surface area (Å²) in [5.74, 6) is 0.958. The number of carbonyl (C=O) groups is 1. The Bertz CT molecular complexity index is 1020. The Kier molecular flexibility index (Phi) is 7.42. The van der Waals surface area contributed by atoms with Crippen molar-refractivity contribution in [3.8, 4) is 5.75 Å². The number of pyridine rings is 1. The minimum absolute atomic E-state index is 0.0994. The number of hydrogen-bond donors (Lipinski definition) is 0. The Labute approximate surface area is 204 Å². The van der Waals surface area contributed by atoms with Crippen LogP contribution in [0, 0.1) is 12.3 Å². The van der Waals surface area contributed by atoms with Crippen LogP contribution in [0.4, 0.5) is 0 Å². The maximum Gasteiger partial charge on any atom is 0.253 e. The summed E-state index contributed by atoms with van der Waals surface area (Å²) in [5, 5.41) is 0. The number of benzene rings is 1. The molecule has 1 aromatic heterocycles. The summed E-state index contributed by atoms with van der Waals surface area (Å²) in [6.45, 7) is 11.8. The predicted octanol–water partition coefficient (Wildman–Crippen LogP) is 6.07. The lowest BCUT2D eigenvalue weighted by atomic mass is 9.66. The van der Waals surface area contributed by atoms with Crippen LogP contribution >= 0.6 is 0 Å². The van der Waals surface area contributed by atoms with Crippen LogP contribution in [-0.2, 0) is 4.74 Å². The van der Waals surface area contributed by atoms with E-state index in [9.17, 15) is 4.79 Å². The van der Waals surface area contributed by atoms with Crippen molar-refractivity contribution in [2.75, 3.05) is 13.1 Å². The molecule has 1 unspecified atom stereocenters. The minimum Gasteiger partial charge on any atom is -0.491 e. The Balaban J connectivity index is 1.46. The summed E-state index contributed by atoms with van der Waals surface area (Å²) in [7, 11) is 0. The van der Waals surface area contributed by atoms with Crippen LogP contribution in [0.1, 0.15) is 74.9 Å². The third-order valence-electron chi connectivity index (χ3n) is 6.96. The Morgan fingerprint density at radius 3 is 2.50 bits per heavy atom. The molecule has 4 rings (SSSR count). The van der Waals surface area contributed by atoms with Gasteiger partial charge < -0.3 is 14.4 Å². The molecule has 1 saturated heterocycles. The summed E-state index contributed by atoms with van der Waals surface area (Å²) in [5.41, 5.74) is 4.39. The van der Waals surface area contributed by atoms with E-state index >= 15 is 0 Å². The fourth-order valence-corrected chi connectivity index (χ4v) is 5.35. The lowest BCUT2D eigenvalue weighted by Gasteiger charge is -2.46. The third-order valence-corrected chi connectivity index (χ3v) is 6.96. The average molecular weight is 463 g/mol. The summed E-state index contributed by atoms with van der Waals surface area (Å²) in [4.78, 5) is 19.6. The molecule has 1 atom stereocenters. The van der Waals surface area contributed by atoms with Crippen molar-refractivity contribution in [1.82, 2.24) is 9.88 Å². The first-order valence-electron chi connectivity index (χ1n) is 12.6. The lowest BCUT2D eigenvalue weighted by Crippen LogP contribution is -2.45. The molecule has 5 heteroatoms. The first-order valence-corrected chi connectivity index (χ1v) is 12.6. The highest BCUT2D eigenvalue weighted by atomic mass is 16.5. The maximum absolute atomic E-state index is 13.3. The van der Waals surface area contributed by atoms with Gasteiger partial charge in [-0.1, -0.05) is 12.1 Å². The zero-order chi connectivity index (χ0) is 24.3. The van der Waals surface area contributed by atoms with Gasteiger partial charge in [-0.15, -0.1) is 0 Å². The number of carbonyl (C=O) groups excluding carboxylic acids is 1. The molecule has 2 aromatic rings. The first kappa shape index (κ1) is 24.5. The van der Waals surface area contributed by atoms with Gasteiger partial charge in [0.2, 0.25) is 0 Å². The number of rotatable bonds is 6. The smallest absolute Gasteiger partial charge is 0.253 e. The molecule has 1 aliphatic carbocycles. The second-order valence-electron chi connectivity index (χ2n) is 10.5. The molecule has 0 radical (unpaired) electrons. The van der Waals surface area contributed by atoms with Crippen molar-refractivity contribution in [3.05, 3.63) is 65.5 Å². The molecule has 1 fully saturated rings. The molecule has 2 heterocycles. The third kappa shape index (κ3) is 5.69. The van der Waals surface area contributed by atoms with Crippen LogP contribution in [-0.4, -0.2) is 47.2 Å². The quantitative estimate of drug-likeness (QED) is 0.523. The fourth-order valence-electron chi connectivity index (χ4n) is 5.35. The van der Waals surface area contributed by atoms with Gasteiger partial charge in [-0.05, 0) is 107 Å². The van der Waals surface area contributed by atoms with Gasteiger partial charge >= 0.3 is 0 Å². The molecule has 182 valence electrons. The van der Waals surface area contributed by atoms with E-state index in [1.807, 2.05) is 62.3 Å². The second-order valence-corrected chi connectivity index (χ2v) is 10.5. The zero-order valence-corrected chi connectivity index (χ0v) is 21.2. The lowest BCUT2D eigenvalue weighted by molar-refractivity contribution is -0.0135. The molecular weight excluding hydrogens is 424 g/mol. The molecule has 1 aromatic carbocycles. The van der Waals surface area contributed by atoms with Crippen molar-refractivity contribution < 1.29 is 14.3 Å². The molecule has 0 N–H and O–H groups in total. The van der Waals surface area contributed by atoms with Gasteiger partial charge in [0, 0.05) is 31.0 Å². The van der Waals surface area contributed by atoms with E-state index in [1.165, 1.54) is 11.1 Å². The molecule has 0 saturated carbocycles. The van der Waals surface area contributed by atoms with Crippen molar-refractivity contribution in [1.29, 1.82) is 0 Å². The summed E-state index contributed by atoms with van der Waals surface area (Å²) in [6.07, 6.45) is 10.5. The Morgan fingerprint density at radius 2 is 1.88 bits per heavy atom. The van der Waals surface area contributed by atoms with E-state index in [4.69, 9.17) is 9.47 Å². The van der Waals surface area contributed by atoms with Crippen LogP contribution in [0.25, 0.3) is 5.57 Å². The second kappa shape index (κ2) is 10.3. The van der Waals surface area contributed by atoms with Crippen molar-refractivity contribution in [2.24, 2.45) is 5.41 Å². The van der Waals surface area contributed by atoms with Gasteiger partial charge in [-0.3, -0.25) is 9.78 Å². The monoisotopic (exact) mass is 462 g/mol. The number of ether oxygens (including phenoxy) is 2. The number of aromatic nitrogens is 1. The van der Waals surface area contributed by atoms with E-state index in [2.05, 4.69) is 31.0 Å². The van der Waals surface area contributed by atoms with Crippen molar-refractivity contribution in [2.45, 2.75) is 78.6 Å². The van der Waals surface area contributed by atoms with Crippen molar-refractivity contribution >= 4 is 11.5 Å². The Hall–Kier alpha value is -2.66. The molecule has 2 aliphatic rings. The number of nitrogens with zero attached hydrogens (tertiary/aromatic N) is 2. The van der Waals surface area contributed by atoms with Crippen molar-refractivity contribution in [3.63, 3.8) is 0 Å². The highest BCUT2D eigenvalue weighted by Gasteiger charge is 2.41. The zero-order valence-electron chi connectivity index (χ0n) is 21.2. The number of aryl methyl sites for hydroxylation is 1. The van der Waals surface area contributed by atoms with Gasteiger partial charge in [0.15, 0.2) is 0 Å². The Morgan fingerprint density at radius 1 is 1.12 bits per heavy atom. The van der Waals surface area contributed by atoms with Gasteiger partial charge in [0.05, 0.1) is 18.3 Å². The largest absolute Gasteiger partial charge is 0.491 e. The van der Waals surface area contributed by atoms with Gasteiger partial charge in [-0.2, -0.15) is 0 Å². The molecule has 34 heavy (non-hydrogen) atoms. The van der Waals surface area contributed by atoms with Crippen LogP contribution in [0.5, 0.6) is 5.75 Å². The summed E-state index contributed by atoms with van der Waals surface area (Å²) in [6, 6.07) is 9.91. The average Bonchev–Trinajstić information content (AvgIpc) is 2.80. The molecule has 1 amide bonds. The van der Waals surface area contributed by atoms with Crippen LogP contribution in [0.3, 0.4) is 0 Å². The highest BCUT2D eigenvalue weighted by Crippen LogP contribution is 2.48. The fraction of sp³-hybridized carbons (Fsp3) is 0.517. The van der Waals surface area contributed by atoms with E-state index in [-0.39, 0.29) is 29.6 Å². The SMILES string of the molecule is Cc1cc(C(=O)N2CCC3(CC2)CC(c2cccnc2)=CC(OC(C)C)C3)ccc1OC(C)C. The predicted molar refractivity (Wildman–Crippen MR) is 136 cm³/mol. The van der Waals surface area contributed by atoms with Crippen LogP contribution in [0.15, 0.2) is 48.8 Å². The van der Waals surface area contributed by atoms with Crippen LogP contribution < -0.4 is 4.74 Å². The number of likely N-dealkylation sites (tertiary alicyclic amines) is 1. The van der Waals surface area contributed by atoms with Gasteiger partial charge in [0.1, 0.15) is 5.75 Å². The molecule has 0 bridgehead atoms. The number of piperidine rings is 1. The molecule has 1 spiro atoms. The van der Waals surface area contributed by atoms with Gasteiger partial charge in [-0.25, -0.2) is 0 Å². The highest BCUT2D eigenvalue weighted by molar-refractivity contribution is 5.94. The standard InChI is InChI=1S/C29H38N2O3/c1-20(2)33-26-16-25(24-7-6-12-30-19-24)17-29(18-26)10-13-31(14-11-29)28(32)23-8-9-27(22(5)15-23)34-21(3)4/h6-9,12,15-16,19-21,26H,10-11,13-14,17-18H2,1-5H3. The van der Waals surface area contributed by atoms with E-state index in [1.54, 1.807) is 0 Å². The maximum atomic E-state index is 13.3. The summed E-state index contributed by atoms with van der Waals surface area (Å²) >= 11 is 0. The molecule has 5 nitrogen and oxygen atoms in total. The van der Waals surface area contributed by atoms with E-state index in [0.29, 0.717) is 0 Å². The normalized spacial score (nSPS) is 20.0. The first-order chi connectivity index (χ1) is 16.2. The van der Waals surface area contributed by atoms with E-state index in [0.717, 1.165) is 55.6 Å². The number of amides is 1. The van der Waals surface area contributed by atoms with Crippen LogP contribution in [0.2, 0.25) is 0 Å². The molecular formula is C29H38N2O3. The molecule has 1 aliphatic heterocycles. The van der Waals surface area contributed by atoms with Gasteiger partial charge in [0.25, 0.3) is 5.91 Å². The number of hydrogen-bond acceptors (Lipinski definition) is 4. The number of allylic oxidation sites excluding steroid dienone is 1. The topological polar surface area (TPSA) is 51.7 Å². The minimum atomic E-state index is 0.0994. The summed E-state index contributed by atoms with van der Waals surface area (Å²) < 4.78 is 12.1.